The maximum atomic E-state index is 13.8. The van der Waals surface area contributed by atoms with Gasteiger partial charge in [-0.1, -0.05) is 42.8 Å². The van der Waals surface area contributed by atoms with E-state index in [0.717, 1.165) is 95.8 Å². The van der Waals surface area contributed by atoms with Gasteiger partial charge in [0.1, 0.15) is 0 Å². The fourth-order valence-corrected chi connectivity index (χ4v) is 8.18. The fraction of sp³-hybridized carbons (Fsp3) is 0.422. The van der Waals surface area contributed by atoms with Crippen LogP contribution in [0.4, 0.5) is 5.69 Å². The Morgan fingerprint density at radius 1 is 0.895 bits per heavy atom. The first-order chi connectivity index (χ1) is 27.7. The number of likely N-dealkylation sites (N-methyl/N-ethyl adjacent to an activating group) is 1. The highest BCUT2D eigenvalue weighted by atomic mass is 35.5. The topological polar surface area (TPSA) is 117 Å². The molecule has 4 heterocycles. The summed E-state index contributed by atoms with van der Waals surface area (Å²) >= 11 is 6.75. The molecule has 2 aliphatic rings. The highest BCUT2D eigenvalue weighted by Crippen LogP contribution is 2.32. The summed E-state index contributed by atoms with van der Waals surface area (Å²) in [5.41, 5.74) is 9.50. The molecule has 2 aliphatic heterocycles. The van der Waals surface area contributed by atoms with Crippen LogP contribution in [-0.4, -0.2) is 88.9 Å². The molecular weight excluding hydrogens is 736 g/mol. The molecule has 2 amide bonds. The van der Waals surface area contributed by atoms with E-state index in [9.17, 15) is 9.59 Å². The summed E-state index contributed by atoms with van der Waals surface area (Å²) < 4.78 is 7.53. The molecule has 0 atom stereocenters. The SMILES string of the molecule is CCc1nc2c(cnn2CC)c(NC2CCOCC2)c1CNC(=O)c1cc(C)cc(C(=O)NCc2ccc(Cl)c(-c3cccc(CN4CCCN(C)CC4)c3)c2)c1. The zero-order valence-electron chi connectivity index (χ0n) is 33.7. The van der Waals surface area contributed by atoms with E-state index in [0.29, 0.717) is 48.9 Å². The van der Waals surface area contributed by atoms with E-state index in [1.165, 1.54) is 12.0 Å². The van der Waals surface area contributed by atoms with Crippen LogP contribution in [-0.2, 0) is 37.3 Å². The molecular formula is C45H55ClN8O3. The van der Waals surface area contributed by atoms with Gasteiger partial charge in [-0.2, -0.15) is 5.10 Å². The minimum atomic E-state index is -0.260. The summed E-state index contributed by atoms with van der Waals surface area (Å²) in [6.45, 7) is 14.0. The predicted molar refractivity (Wildman–Crippen MR) is 228 cm³/mol. The fourth-order valence-electron chi connectivity index (χ4n) is 7.96. The summed E-state index contributed by atoms with van der Waals surface area (Å²) in [5, 5.41) is 16.2. The largest absolute Gasteiger partial charge is 0.381 e. The Morgan fingerprint density at radius 2 is 1.67 bits per heavy atom. The quantitative estimate of drug-likeness (QED) is 0.115. The van der Waals surface area contributed by atoms with Crippen LogP contribution in [0.2, 0.25) is 5.02 Å². The van der Waals surface area contributed by atoms with Gasteiger partial charge in [0.15, 0.2) is 5.65 Å². The summed E-state index contributed by atoms with van der Waals surface area (Å²) in [6, 6.07) is 20.0. The molecule has 0 aliphatic carbocycles. The third kappa shape index (κ3) is 9.84. The third-order valence-corrected chi connectivity index (χ3v) is 11.5. The Morgan fingerprint density at radius 3 is 2.42 bits per heavy atom. The lowest BCUT2D eigenvalue weighted by Gasteiger charge is -2.26. The Hall–Kier alpha value is -4.81. The number of hydrogen-bond donors (Lipinski definition) is 3. The molecule has 7 rings (SSSR count). The molecule has 3 N–H and O–H groups in total. The first-order valence-electron chi connectivity index (χ1n) is 20.4. The molecule has 12 heteroatoms. The first kappa shape index (κ1) is 40.4. The van der Waals surface area contributed by atoms with Crippen molar-refractivity contribution in [2.45, 2.75) is 78.7 Å². The highest BCUT2D eigenvalue weighted by molar-refractivity contribution is 6.33. The lowest BCUT2D eigenvalue weighted by molar-refractivity contribution is 0.0904. The van der Waals surface area contributed by atoms with E-state index >= 15 is 0 Å². The lowest BCUT2D eigenvalue weighted by Crippen LogP contribution is -2.30. The van der Waals surface area contributed by atoms with E-state index in [-0.39, 0.29) is 24.4 Å². The number of rotatable bonds is 13. The Balaban J connectivity index is 1.03. The Bertz CT molecular complexity index is 2210. The number of carbonyl (C=O) groups excluding carboxylic acids is 2. The van der Waals surface area contributed by atoms with Crippen LogP contribution in [0.1, 0.15) is 81.8 Å². The molecule has 2 saturated heterocycles. The van der Waals surface area contributed by atoms with Crippen LogP contribution in [0.5, 0.6) is 0 Å². The maximum absolute atomic E-state index is 13.8. The van der Waals surface area contributed by atoms with Crippen molar-refractivity contribution in [3.8, 4) is 11.1 Å². The van der Waals surface area contributed by atoms with E-state index in [1.54, 1.807) is 6.07 Å². The van der Waals surface area contributed by atoms with Gasteiger partial charge in [-0.15, -0.1) is 0 Å². The number of anilines is 1. The molecule has 0 radical (unpaired) electrons. The number of benzene rings is 3. The highest BCUT2D eigenvalue weighted by Gasteiger charge is 2.23. The standard InChI is InChI=1S/C45H55ClN8O3/c1-5-41-38(42(50-36-13-19-57-20-14-36)39-28-49-54(6-2)43(39)51-41)27-48-45(56)35-22-30(3)21-34(25-35)44(55)47-26-31-11-12-40(46)37(24-31)33-10-7-9-32(23-33)29-53-16-8-15-52(4)17-18-53/h7,9-12,21-25,28,36H,5-6,8,13-20,26-27,29H2,1-4H3,(H,47,55)(H,48,56)(H,50,51). The van der Waals surface area contributed by atoms with E-state index in [4.69, 9.17) is 21.3 Å². The molecule has 0 bridgehead atoms. The number of nitrogens with zero attached hydrogens (tertiary/aromatic N) is 5. The Labute approximate surface area is 341 Å². The van der Waals surface area contributed by atoms with Crippen molar-refractivity contribution in [3.63, 3.8) is 0 Å². The molecule has 5 aromatic rings. The van der Waals surface area contributed by atoms with E-state index in [2.05, 4.69) is 76.0 Å². The molecule has 0 saturated carbocycles. The second-order valence-electron chi connectivity index (χ2n) is 15.4. The van der Waals surface area contributed by atoms with Crippen LogP contribution in [0.3, 0.4) is 0 Å². The molecule has 57 heavy (non-hydrogen) atoms. The Kier molecular flexibility index (Phi) is 13.2. The van der Waals surface area contributed by atoms with E-state index in [1.807, 2.05) is 48.1 Å². The number of hydrogen-bond acceptors (Lipinski definition) is 8. The van der Waals surface area contributed by atoms with Crippen molar-refractivity contribution in [3.05, 3.63) is 111 Å². The summed E-state index contributed by atoms with van der Waals surface area (Å²) in [5.74, 6) is -0.517. The normalized spacial score (nSPS) is 15.7. The van der Waals surface area contributed by atoms with Crippen LogP contribution >= 0.6 is 11.6 Å². The summed E-state index contributed by atoms with van der Waals surface area (Å²) in [6.07, 6.45) is 5.54. The number of nitrogens with one attached hydrogen (secondary N) is 3. The van der Waals surface area contributed by atoms with Crippen molar-refractivity contribution < 1.29 is 14.3 Å². The second-order valence-corrected chi connectivity index (χ2v) is 15.8. The van der Waals surface area contributed by atoms with Gasteiger partial charge in [0.2, 0.25) is 0 Å². The smallest absolute Gasteiger partial charge is 0.251 e. The zero-order chi connectivity index (χ0) is 39.9. The minimum absolute atomic E-state index is 0.249. The molecule has 0 unspecified atom stereocenters. The maximum Gasteiger partial charge on any atom is 0.251 e. The van der Waals surface area contributed by atoms with Gasteiger partial charge in [-0.3, -0.25) is 14.5 Å². The predicted octanol–water partition coefficient (Wildman–Crippen LogP) is 7.23. The lowest BCUT2D eigenvalue weighted by atomic mass is 10.0. The van der Waals surface area contributed by atoms with Crippen LogP contribution in [0, 0.1) is 6.92 Å². The van der Waals surface area contributed by atoms with Crippen LogP contribution in [0.25, 0.3) is 22.2 Å². The van der Waals surface area contributed by atoms with Crippen molar-refractivity contribution in [1.29, 1.82) is 0 Å². The van der Waals surface area contributed by atoms with Crippen LogP contribution < -0.4 is 16.0 Å². The number of fused-ring (bicyclic) bond motifs is 1. The number of carbonyl (C=O) groups is 2. The van der Waals surface area contributed by atoms with E-state index < -0.39 is 0 Å². The third-order valence-electron chi connectivity index (χ3n) is 11.1. The number of aromatic nitrogens is 3. The molecule has 0 spiro atoms. The monoisotopic (exact) mass is 790 g/mol. The van der Waals surface area contributed by atoms with Gasteiger partial charge in [0.25, 0.3) is 11.8 Å². The average Bonchev–Trinajstić information content (AvgIpc) is 3.53. The van der Waals surface area contributed by atoms with Gasteiger partial charge in [0, 0.05) is 91.5 Å². The molecule has 2 fully saturated rings. The second kappa shape index (κ2) is 18.6. The van der Waals surface area contributed by atoms with Gasteiger partial charge >= 0.3 is 0 Å². The molecule has 2 aromatic heterocycles. The number of aryl methyl sites for hydroxylation is 3. The zero-order valence-corrected chi connectivity index (χ0v) is 34.4. The molecule has 11 nitrogen and oxygen atoms in total. The van der Waals surface area contributed by atoms with Crippen molar-refractivity contribution in [2.24, 2.45) is 0 Å². The molecule has 3 aromatic carbocycles. The number of ether oxygens (including phenoxy) is 1. The average molecular weight is 791 g/mol. The minimum Gasteiger partial charge on any atom is -0.381 e. The number of halogens is 1. The van der Waals surface area contributed by atoms with Crippen molar-refractivity contribution in [2.75, 3.05) is 51.8 Å². The molecule has 300 valence electrons. The van der Waals surface area contributed by atoms with Gasteiger partial charge < -0.3 is 25.6 Å². The number of pyridine rings is 1. The van der Waals surface area contributed by atoms with Crippen molar-refractivity contribution >= 4 is 40.1 Å². The van der Waals surface area contributed by atoms with Crippen LogP contribution in [0.15, 0.2) is 66.9 Å². The van der Waals surface area contributed by atoms with Gasteiger partial charge in [-0.05, 0) is 118 Å². The first-order valence-corrected chi connectivity index (χ1v) is 20.7. The van der Waals surface area contributed by atoms with Gasteiger partial charge in [-0.25, -0.2) is 9.67 Å². The number of amides is 2. The van der Waals surface area contributed by atoms with Gasteiger partial charge in [0.05, 0.1) is 17.3 Å². The summed E-state index contributed by atoms with van der Waals surface area (Å²) in [7, 11) is 2.19. The summed E-state index contributed by atoms with van der Waals surface area (Å²) in [4.78, 5) is 37.3. The van der Waals surface area contributed by atoms with Crippen molar-refractivity contribution in [1.82, 2.24) is 35.2 Å².